The van der Waals surface area contributed by atoms with E-state index in [1.165, 1.54) is 5.39 Å². The van der Waals surface area contributed by atoms with Crippen molar-refractivity contribution in [2.75, 3.05) is 25.1 Å². The first kappa shape index (κ1) is 25.2. The molecule has 38 heavy (non-hydrogen) atoms. The summed E-state index contributed by atoms with van der Waals surface area (Å²) in [5.74, 6) is 0.806. The molecule has 0 saturated heterocycles. The Kier molecular flexibility index (Phi) is 7.81. The van der Waals surface area contributed by atoms with Gasteiger partial charge in [-0.3, -0.25) is 4.90 Å². The number of para-hydroxylation sites is 1. The van der Waals surface area contributed by atoms with Gasteiger partial charge in [0.25, 0.3) is 0 Å². The van der Waals surface area contributed by atoms with Gasteiger partial charge in [-0.1, -0.05) is 72.8 Å². The summed E-state index contributed by atoms with van der Waals surface area (Å²) in [6.07, 6.45) is 5.59. The van der Waals surface area contributed by atoms with Gasteiger partial charge in [0.05, 0.1) is 25.1 Å². The third-order valence-corrected chi connectivity index (χ3v) is 6.68. The van der Waals surface area contributed by atoms with Crippen LogP contribution in [-0.2, 0) is 6.54 Å². The predicted molar refractivity (Wildman–Crippen MR) is 156 cm³/mol. The summed E-state index contributed by atoms with van der Waals surface area (Å²) in [7, 11) is 1.65. The van der Waals surface area contributed by atoms with Gasteiger partial charge in [0.2, 0.25) is 0 Å². The number of amides is 2. The molecule has 5 rings (SSSR count). The van der Waals surface area contributed by atoms with E-state index >= 15 is 0 Å². The highest BCUT2D eigenvalue weighted by Gasteiger charge is 2.29. The van der Waals surface area contributed by atoms with Crippen molar-refractivity contribution >= 4 is 34.3 Å². The first-order chi connectivity index (χ1) is 18.7. The van der Waals surface area contributed by atoms with Gasteiger partial charge in [0.15, 0.2) is 0 Å². The van der Waals surface area contributed by atoms with Gasteiger partial charge in [-0.2, -0.15) is 5.10 Å². The normalized spacial score (nSPS) is 13.5. The monoisotopic (exact) mass is 504 g/mol. The Morgan fingerprint density at radius 2 is 1.63 bits per heavy atom. The van der Waals surface area contributed by atoms with Crippen LogP contribution in [0.3, 0.4) is 0 Å². The van der Waals surface area contributed by atoms with E-state index in [9.17, 15) is 4.79 Å². The number of urea groups is 1. The number of rotatable bonds is 9. The highest BCUT2D eigenvalue weighted by atomic mass is 16.5. The lowest BCUT2D eigenvalue weighted by atomic mass is 10.0. The molecule has 1 heterocycles. The average molecular weight is 505 g/mol. The highest BCUT2D eigenvalue weighted by Crippen LogP contribution is 2.29. The maximum atomic E-state index is 13.9. The molecule has 0 aromatic heterocycles. The molecule has 6 nitrogen and oxygen atoms in total. The van der Waals surface area contributed by atoms with Crippen molar-refractivity contribution in [2.45, 2.75) is 19.4 Å². The van der Waals surface area contributed by atoms with Crippen molar-refractivity contribution in [3.8, 4) is 5.75 Å². The van der Waals surface area contributed by atoms with Crippen LogP contribution < -0.4 is 15.4 Å². The van der Waals surface area contributed by atoms with Crippen LogP contribution in [0.25, 0.3) is 16.8 Å². The minimum absolute atomic E-state index is 0.143. The second-order valence-corrected chi connectivity index (χ2v) is 9.28. The van der Waals surface area contributed by atoms with Crippen molar-refractivity contribution in [3.63, 3.8) is 0 Å². The quantitative estimate of drug-likeness (QED) is 0.266. The van der Waals surface area contributed by atoms with E-state index in [1.54, 1.807) is 12.1 Å². The second-order valence-electron chi connectivity index (χ2n) is 9.28. The summed E-state index contributed by atoms with van der Waals surface area (Å²) in [6.45, 7) is 1.52. The first-order valence-electron chi connectivity index (χ1n) is 12.9. The fourth-order valence-corrected chi connectivity index (χ4v) is 4.63. The molecule has 2 N–H and O–H groups in total. The Hall–Kier alpha value is -4.42. The Bertz CT molecular complexity index is 1480. The predicted octanol–water partition coefficient (Wildman–Crippen LogP) is 6.45. The molecule has 0 spiro atoms. The maximum absolute atomic E-state index is 13.9. The molecule has 2 amide bonds. The Morgan fingerprint density at radius 1 is 0.868 bits per heavy atom. The smallest absolute Gasteiger partial charge is 0.345 e. The lowest BCUT2D eigenvalue weighted by Gasteiger charge is -2.27. The molecule has 0 saturated carbocycles. The van der Waals surface area contributed by atoms with Crippen LogP contribution in [0.5, 0.6) is 5.75 Å². The summed E-state index contributed by atoms with van der Waals surface area (Å²) in [5.41, 5.74) is 10.3. The molecule has 192 valence electrons. The van der Waals surface area contributed by atoms with E-state index in [-0.39, 0.29) is 6.03 Å². The van der Waals surface area contributed by atoms with Gasteiger partial charge in [0.1, 0.15) is 5.75 Å². The van der Waals surface area contributed by atoms with Crippen LogP contribution in [0.15, 0.2) is 102 Å². The molecule has 0 aliphatic carbocycles. The van der Waals surface area contributed by atoms with Gasteiger partial charge in [-0.05, 0) is 71.6 Å². The Morgan fingerprint density at radius 3 is 2.42 bits per heavy atom. The lowest BCUT2D eigenvalue weighted by molar-refractivity contribution is 0.206. The number of hydrazone groups is 1. The number of nitrogens with zero attached hydrogens (tertiary/aromatic N) is 3. The van der Waals surface area contributed by atoms with Crippen molar-refractivity contribution in [3.05, 3.63) is 114 Å². The minimum atomic E-state index is -0.143. The van der Waals surface area contributed by atoms with Crippen LogP contribution in [0.4, 0.5) is 10.5 Å². The average Bonchev–Trinajstić information content (AvgIpc) is 3.07. The van der Waals surface area contributed by atoms with E-state index < -0.39 is 0 Å². The van der Waals surface area contributed by atoms with E-state index in [2.05, 4.69) is 30.3 Å². The minimum Gasteiger partial charge on any atom is -0.497 e. The van der Waals surface area contributed by atoms with E-state index in [0.717, 1.165) is 52.1 Å². The maximum Gasteiger partial charge on any atom is 0.345 e. The number of carbonyl (C=O) groups is 1. The fraction of sp³-hybridized carbons (Fsp3) is 0.188. The summed E-state index contributed by atoms with van der Waals surface area (Å²) in [4.78, 5) is 15.8. The summed E-state index contributed by atoms with van der Waals surface area (Å²) in [6, 6.07) is 30.3. The summed E-state index contributed by atoms with van der Waals surface area (Å²) < 4.78 is 5.28. The largest absolute Gasteiger partial charge is 0.497 e. The fourth-order valence-electron chi connectivity index (χ4n) is 4.63. The van der Waals surface area contributed by atoms with Crippen LogP contribution in [-0.4, -0.2) is 37.0 Å². The molecule has 0 radical (unpaired) electrons. The van der Waals surface area contributed by atoms with Gasteiger partial charge in [-0.15, -0.1) is 0 Å². The van der Waals surface area contributed by atoms with Crippen LogP contribution >= 0.6 is 0 Å². The van der Waals surface area contributed by atoms with E-state index in [1.807, 2.05) is 77.7 Å². The zero-order valence-corrected chi connectivity index (χ0v) is 21.6. The molecule has 6 heteroatoms. The number of hydrogen-bond donors (Lipinski definition) is 1. The molecular formula is C32H32N4O2. The Balaban J connectivity index is 1.52. The molecule has 1 aliphatic rings. The lowest BCUT2D eigenvalue weighted by Crippen LogP contribution is -2.40. The molecule has 0 bridgehead atoms. The Labute approximate surface area is 223 Å². The third-order valence-electron chi connectivity index (χ3n) is 6.68. The standard InChI is InChI=1S/C32H32N4O2/c1-38-28-17-13-24(14-18-28)15-19-30-29-10-4-5-11-31(29)35(32(37)36(34-30)21-7-6-20-33)23-25-12-16-26-8-2-3-9-27(26)22-25/h2-5,8-19,22H,6-7,20-21,23,33H2,1H3/b19-15+. The first-order valence-corrected chi connectivity index (χ1v) is 12.9. The topological polar surface area (TPSA) is 71.2 Å². The number of unbranched alkanes of at least 4 members (excludes halogenated alkanes) is 1. The van der Waals surface area contributed by atoms with Crippen LogP contribution in [0.1, 0.15) is 29.5 Å². The molecule has 0 unspecified atom stereocenters. The molecular weight excluding hydrogens is 472 g/mol. The summed E-state index contributed by atoms with van der Waals surface area (Å²) >= 11 is 0. The van der Waals surface area contributed by atoms with E-state index in [0.29, 0.717) is 19.6 Å². The van der Waals surface area contributed by atoms with Gasteiger partial charge in [-0.25, -0.2) is 9.80 Å². The number of anilines is 1. The van der Waals surface area contributed by atoms with Gasteiger partial charge < -0.3 is 10.5 Å². The number of allylic oxidation sites excluding steroid dienone is 1. The number of carbonyl (C=O) groups excluding carboxylic acids is 1. The number of fused-ring (bicyclic) bond motifs is 2. The van der Waals surface area contributed by atoms with Crippen molar-refractivity contribution in [1.82, 2.24) is 5.01 Å². The van der Waals surface area contributed by atoms with Gasteiger partial charge in [0, 0.05) is 12.1 Å². The number of ether oxygens (including phenoxy) is 1. The zero-order chi connectivity index (χ0) is 26.3. The van der Waals surface area contributed by atoms with E-state index in [4.69, 9.17) is 15.6 Å². The number of nitrogens with two attached hydrogens (primary N) is 1. The molecule has 0 atom stereocenters. The zero-order valence-electron chi connectivity index (χ0n) is 21.6. The van der Waals surface area contributed by atoms with Crippen molar-refractivity contribution < 1.29 is 9.53 Å². The molecule has 4 aromatic rings. The number of methoxy groups -OCH3 is 1. The van der Waals surface area contributed by atoms with Crippen LogP contribution in [0, 0.1) is 0 Å². The summed E-state index contributed by atoms with van der Waals surface area (Å²) in [5, 5.41) is 8.78. The van der Waals surface area contributed by atoms with Crippen molar-refractivity contribution in [1.29, 1.82) is 0 Å². The highest BCUT2D eigenvalue weighted by molar-refractivity contribution is 6.17. The van der Waals surface area contributed by atoms with Crippen LogP contribution in [0.2, 0.25) is 0 Å². The molecule has 0 fully saturated rings. The SMILES string of the molecule is COc1ccc(/C=C/C2=NN(CCCCN)C(=O)N(Cc3ccc4ccccc4c3)c3ccccc32)cc1. The number of hydrogen-bond acceptors (Lipinski definition) is 4. The number of benzene rings is 4. The van der Waals surface area contributed by atoms with Gasteiger partial charge >= 0.3 is 6.03 Å². The molecule has 1 aliphatic heterocycles. The second kappa shape index (κ2) is 11.8. The molecule has 4 aromatic carbocycles. The van der Waals surface area contributed by atoms with Crippen molar-refractivity contribution in [2.24, 2.45) is 10.8 Å². The third kappa shape index (κ3) is 5.61.